The normalized spacial score (nSPS) is 14.6. The van der Waals surface area contributed by atoms with Crippen LogP contribution in [0.4, 0.5) is 0 Å². The summed E-state index contributed by atoms with van der Waals surface area (Å²) in [6.45, 7) is -1.36. The zero-order valence-electron chi connectivity index (χ0n) is 43.9. The third-order valence-corrected chi connectivity index (χ3v) is 11.7. The van der Waals surface area contributed by atoms with Gasteiger partial charge in [0.05, 0.1) is 31.8 Å². The fourth-order valence-corrected chi connectivity index (χ4v) is 7.26. The molecule has 0 bridgehead atoms. The number of aliphatic carboxylic acids is 1. The average Bonchev–Trinajstić information content (AvgIpc) is 3.41. The summed E-state index contributed by atoms with van der Waals surface area (Å²) < 4.78 is 0. The van der Waals surface area contributed by atoms with E-state index in [-0.39, 0.29) is 60.8 Å². The Kier molecular flexibility index (Phi) is 28.5. The molecule has 0 spiro atoms. The van der Waals surface area contributed by atoms with Crippen LogP contribution in [-0.2, 0) is 70.4 Å². The fourth-order valence-electron chi connectivity index (χ4n) is 7.26. The van der Waals surface area contributed by atoms with E-state index in [0.717, 1.165) is 6.92 Å². The van der Waals surface area contributed by atoms with Gasteiger partial charge in [-0.15, -0.1) is 0 Å². The highest BCUT2D eigenvalue weighted by Crippen LogP contribution is 2.15. The van der Waals surface area contributed by atoms with Crippen molar-refractivity contribution < 1.29 is 88.2 Å². The first kappa shape index (κ1) is 67.9. The van der Waals surface area contributed by atoms with Gasteiger partial charge in [-0.1, -0.05) is 24.3 Å². The lowest BCUT2D eigenvalue weighted by molar-refractivity contribution is -0.145. The number of guanidine groups is 1. The van der Waals surface area contributed by atoms with Crippen LogP contribution in [0.3, 0.4) is 0 Å². The average molecular weight is 1150 g/mol. The maximum atomic E-state index is 14.1. The van der Waals surface area contributed by atoms with Crippen molar-refractivity contribution >= 4 is 76.9 Å². The van der Waals surface area contributed by atoms with Crippen molar-refractivity contribution in [3.05, 3.63) is 59.7 Å². The molecule has 0 radical (unpaired) electrons. The van der Waals surface area contributed by atoms with Gasteiger partial charge in [0.25, 0.3) is 0 Å². The second-order valence-electron chi connectivity index (χ2n) is 18.3. The van der Waals surface area contributed by atoms with Gasteiger partial charge in [-0.25, -0.2) is 4.79 Å². The number of hydrogen-bond acceptors (Lipinski definition) is 19. The molecule has 33 nitrogen and oxygen atoms in total. The summed E-state index contributed by atoms with van der Waals surface area (Å²) in [5.41, 5.74) is 33.0. The number of carboxylic acids is 1. The van der Waals surface area contributed by atoms with Gasteiger partial charge in [0.2, 0.25) is 65.0 Å². The van der Waals surface area contributed by atoms with Crippen LogP contribution in [0, 0.1) is 0 Å². The predicted molar refractivity (Wildman–Crippen MR) is 281 cm³/mol. The second-order valence-corrected chi connectivity index (χ2v) is 18.3. The van der Waals surface area contributed by atoms with Crippen LogP contribution >= 0.6 is 0 Å². The van der Waals surface area contributed by atoms with Crippen molar-refractivity contribution in [2.45, 2.75) is 125 Å². The molecule has 0 saturated carbocycles. The van der Waals surface area contributed by atoms with E-state index in [4.69, 9.17) is 34.4 Å². The predicted octanol–water partition coefficient (Wildman–Crippen LogP) is -9.00. The van der Waals surface area contributed by atoms with Gasteiger partial charge in [0.1, 0.15) is 53.8 Å². The van der Waals surface area contributed by atoms with E-state index in [1.165, 1.54) is 48.5 Å². The summed E-state index contributed by atoms with van der Waals surface area (Å²) in [6.07, 6.45) is -5.10. The fraction of sp³-hybridized carbons (Fsp3) is 0.479. The minimum atomic E-state index is -2.01. The number of carbonyl (C=O) groups is 12. The van der Waals surface area contributed by atoms with Crippen LogP contribution in [0.2, 0.25) is 0 Å². The van der Waals surface area contributed by atoms with E-state index >= 15 is 0 Å². The van der Waals surface area contributed by atoms with Crippen molar-refractivity contribution in [1.82, 2.24) is 42.5 Å². The molecular weight excluding hydrogens is 1070 g/mol. The zero-order valence-corrected chi connectivity index (χ0v) is 43.9. The number of nitrogens with zero attached hydrogens (tertiary/aromatic N) is 1. The zero-order chi connectivity index (χ0) is 61.1. The van der Waals surface area contributed by atoms with E-state index in [0.29, 0.717) is 0 Å². The van der Waals surface area contributed by atoms with E-state index in [2.05, 4.69) is 47.5 Å². The van der Waals surface area contributed by atoms with E-state index < -0.39 is 177 Å². The summed E-state index contributed by atoms with van der Waals surface area (Å²) in [5.74, 6) is -14.6. The highest BCUT2D eigenvalue weighted by molar-refractivity contribution is 5.99. The number of nitrogens with one attached hydrogen (secondary N) is 8. The molecule has 0 saturated heterocycles. The minimum Gasteiger partial charge on any atom is -0.508 e. The standard InChI is InChI=1S/C48H71N15O18/c1-22(66)38(47(80)81)63-41(74)28(3-2-16-55-48(53)54)57-45(78)33(20-64)61-43(76)31(18-24-6-10-26(68)11-7-24)59-46(79)34(21-65)62-44(77)32(19-37(52)71)60-42(75)30(17-23-4-8-25(67)9-5-23)58-40(73)29(13-15-36(51)70)56-39(72)27(49)12-14-35(50)69/h4-11,22,27-34,38,64-68H,2-3,12-21,49H2,1H3,(H2,50,69)(H2,51,70)(H2,52,71)(H,56,72)(H,57,78)(H,58,73)(H,59,79)(H,60,75)(H,61,76)(H,62,77)(H,63,74)(H,80,81)(H4,53,54,55)/t22-,27+,28+,29+,30+,31+,32+,33+,34+,38+/m1/s1. The number of phenols is 2. The molecule has 2 aromatic carbocycles. The van der Waals surface area contributed by atoms with Gasteiger partial charge in [-0.05, 0) is 68.0 Å². The molecule has 10 atom stereocenters. The van der Waals surface area contributed by atoms with Gasteiger partial charge >= 0.3 is 5.97 Å². The third kappa shape index (κ3) is 25.0. The first-order valence-electron chi connectivity index (χ1n) is 24.8. The molecule has 81 heavy (non-hydrogen) atoms. The highest BCUT2D eigenvalue weighted by atomic mass is 16.4. The molecule has 0 unspecified atom stereocenters. The number of carbonyl (C=O) groups excluding carboxylic acids is 11. The van der Waals surface area contributed by atoms with E-state index in [1.54, 1.807) is 0 Å². The van der Waals surface area contributed by atoms with Crippen molar-refractivity contribution in [2.24, 2.45) is 39.4 Å². The lowest BCUT2D eigenvalue weighted by Gasteiger charge is -2.27. The van der Waals surface area contributed by atoms with Crippen LogP contribution in [-0.4, -0.2) is 188 Å². The monoisotopic (exact) mass is 1150 g/mol. The lowest BCUT2D eigenvalue weighted by atomic mass is 10.0. The minimum absolute atomic E-state index is 0.0143. The number of phenolic OH excluding ortho intramolecular Hbond substituents is 2. The molecule has 26 N–H and O–H groups in total. The quantitative estimate of drug-likeness (QED) is 0.0171. The summed E-state index contributed by atoms with van der Waals surface area (Å²) in [7, 11) is 0. The first-order chi connectivity index (χ1) is 38.0. The van der Waals surface area contributed by atoms with Gasteiger partial charge in [-0.3, -0.25) is 57.7 Å². The van der Waals surface area contributed by atoms with Crippen LogP contribution < -0.4 is 76.9 Å². The number of benzene rings is 2. The number of aliphatic hydroxyl groups excluding tert-OH is 3. The maximum Gasteiger partial charge on any atom is 0.328 e. The molecule has 2 aromatic rings. The maximum absolute atomic E-state index is 14.1. The SMILES string of the molecule is C[C@@H](O)[C@H](NC(=O)[C@H](CCCN=C(N)N)NC(=O)[C@H](CO)NC(=O)[C@H](Cc1ccc(O)cc1)NC(=O)[C@H](CO)NC(=O)[C@H](CC(N)=O)NC(=O)[C@H](Cc1ccc(O)cc1)NC(=O)[C@H](CCC(N)=O)NC(=O)[C@@H](N)CCC(N)=O)C(=O)O. The molecular formula is C48H71N15O18. The number of aliphatic hydroxyl groups is 3. The molecule has 33 heteroatoms. The largest absolute Gasteiger partial charge is 0.508 e. The van der Waals surface area contributed by atoms with E-state index in [1.807, 2.05) is 0 Å². The second kappa shape index (κ2) is 33.9. The molecule has 446 valence electrons. The molecule has 0 aliphatic heterocycles. The molecule has 0 heterocycles. The van der Waals surface area contributed by atoms with Crippen LogP contribution in [0.5, 0.6) is 11.5 Å². The van der Waals surface area contributed by atoms with Crippen LogP contribution in [0.25, 0.3) is 0 Å². The Hall–Kier alpha value is -9.21. The smallest absolute Gasteiger partial charge is 0.328 e. The first-order valence-corrected chi connectivity index (χ1v) is 24.8. The van der Waals surface area contributed by atoms with Crippen LogP contribution in [0.1, 0.15) is 63.0 Å². The number of rotatable bonds is 36. The van der Waals surface area contributed by atoms with Gasteiger partial charge in [0.15, 0.2) is 12.0 Å². The Labute approximate surface area is 462 Å². The number of aliphatic imine (C=N–C) groups is 1. The van der Waals surface area contributed by atoms with Crippen molar-refractivity contribution in [1.29, 1.82) is 0 Å². The summed E-state index contributed by atoms with van der Waals surface area (Å²) in [6, 6.07) is -5.43. The topological polar surface area (TPSA) is 591 Å². The summed E-state index contributed by atoms with van der Waals surface area (Å²) >= 11 is 0. The van der Waals surface area contributed by atoms with E-state index in [9.17, 15) is 88.2 Å². The Morgan fingerprint density at radius 3 is 1.25 bits per heavy atom. The van der Waals surface area contributed by atoms with Gasteiger partial charge in [-0.2, -0.15) is 0 Å². The Morgan fingerprint density at radius 2 is 0.840 bits per heavy atom. The molecule has 2 rings (SSSR count). The van der Waals surface area contributed by atoms with Gasteiger partial charge in [0, 0.05) is 32.2 Å². The number of amides is 11. The van der Waals surface area contributed by atoms with Crippen molar-refractivity contribution in [3.63, 3.8) is 0 Å². The molecule has 0 aliphatic rings. The number of hydrogen-bond donors (Lipinski definition) is 20. The van der Waals surface area contributed by atoms with Crippen molar-refractivity contribution in [2.75, 3.05) is 19.8 Å². The van der Waals surface area contributed by atoms with Crippen molar-refractivity contribution in [3.8, 4) is 11.5 Å². The number of aromatic hydroxyl groups is 2. The van der Waals surface area contributed by atoms with Crippen LogP contribution in [0.15, 0.2) is 53.5 Å². The third-order valence-electron chi connectivity index (χ3n) is 11.7. The Morgan fingerprint density at radius 1 is 0.481 bits per heavy atom. The molecule has 0 aliphatic carbocycles. The lowest BCUT2D eigenvalue weighted by Crippen LogP contribution is -2.62. The Balaban J connectivity index is 2.47. The number of carboxylic acid groups (broad SMARTS) is 1. The number of primary amides is 3. The Bertz CT molecular complexity index is 2570. The summed E-state index contributed by atoms with van der Waals surface area (Å²) in [4.78, 5) is 160. The molecule has 11 amide bonds. The number of nitrogens with two attached hydrogens (primary N) is 6. The summed E-state index contributed by atoms with van der Waals surface area (Å²) in [5, 5.41) is 77.8. The molecule has 0 fully saturated rings. The highest BCUT2D eigenvalue weighted by Gasteiger charge is 2.36. The molecule has 0 aromatic heterocycles. The van der Waals surface area contributed by atoms with Gasteiger partial charge < -0.3 is 108 Å².